The van der Waals surface area contributed by atoms with Gasteiger partial charge in [0.25, 0.3) is 0 Å². The summed E-state index contributed by atoms with van der Waals surface area (Å²) in [6.45, 7) is 3.13. The van der Waals surface area contributed by atoms with Gasteiger partial charge < -0.3 is 19.5 Å². The molecule has 6 rings (SSSR count). The molecule has 5 aromatic rings. The first-order chi connectivity index (χ1) is 20.5. The Kier molecular flexibility index (Phi) is 8.41. The Morgan fingerprint density at radius 3 is 2.67 bits per heavy atom. The fraction of sp³-hybridized carbons (Fsp3) is 0.290. The Hall–Kier alpha value is -3.92. The van der Waals surface area contributed by atoms with Crippen LogP contribution in [0.1, 0.15) is 49.8 Å². The highest BCUT2D eigenvalue weighted by molar-refractivity contribution is 6.35. The number of rotatable bonds is 9. The number of nitrogens with zero attached hydrogens (tertiary/aromatic N) is 5. The maximum atomic E-state index is 6.40. The van der Waals surface area contributed by atoms with Gasteiger partial charge in [0.1, 0.15) is 17.5 Å². The molecule has 0 saturated carbocycles. The number of pyridine rings is 3. The van der Waals surface area contributed by atoms with Crippen LogP contribution in [0.15, 0.2) is 67.3 Å². The lowest BCUT2D eigenvalue weighted by Gasteiger charge is -2.23. The third-order valence-electron chi connectivity index (χ3n) is 7.22. The van der Waals surface area contributed by atoms with E-state index >= 15 is 0 Å². The highest BCUT2D eigenvalue weighted by Gasteiger charge is 2.24. The van der Waals surface area contributed by atoms with E-state index < -0.39 is 6.10 Å². The predicted molar refractivity (Wildman–Crippen MR) is 163 cm³/mol. The largest absolute Gasteiger partial charge is 0.486 e. The maximum Gasteiger partial charge on any atom is 0.237 e. The second kappa shape index (κ2) is 12.5. The molecule has 0 spiro atoms. The first-order valence-electron chi connectivity index (χ1n) is 13.8. The maximum absolute atomic E-state index is 6.40. The van der Waals surface area contributed by atoms with E-state index in [4.69, 9.17) is 42.5 Å². The van der Waals surface area contributed by atoms with Gasteiger partial charge in [-0.25, -0.2) is 9.67 Å². The van der Waals surface area contributed by atoms with Gasteiger partial charge in [-0.05, 0) is 62.6 Å². The molecule has 1 aliphatic rings. The van der Waals surface area contributed by atoms with Crippen LogP contribution >= 0.6 is 23.2 Å². The summed E-state index contributed by atoms with van der Waals surface area (Å²) >= 11 is 12.8. The molecule has 11 heteroatoms. The molecule has 1 aromatic carbocycles. The molecule has 0 aliphatic carbocycles. The highest BCUT2D eigenvalue weighted by atomic mass is 35.5. The minimum atomic E-state index is -0.407. The van der Waals surface area contributed by atoms with Gasteiger partial charge >= 0.3 is 0 Å². The third-order valence-corrected chi connectivity index (χ3v) is 7.82. The number of anilines is 1. The lowest BCUT2D eigenvalue weighted by molar-refractivity contribution is -0.0365. The Balaban J connectivity index is 1.39. The van der Waals surface area contributed by atoms with E-state index in [9.17, 15) is 0 Å². The fourth-order valence-corrected chi connectivity index (χ4v) is 5.85. The van der Waals surface area contributed by atoms with Gasteiger partial charge in [-0.1, -0.05) is 29.3 Å². The molecule has 0 bridgehead atoms. The molecule has 0 amide bonds. The van der Waals surface area contributed by atoms with Crippen LogP contribution in [-0.2, 0) is 11.3 Å². The second-order valence-electron chi connectivity index (χ2n) is 10.0. The summed E-state index contributed by atoms with van der Waals surface area (Å²) < 4.78 is 20.0. The van der Waals surface area contributed by atoms with Crippen LogP contribution in [0, 0.1) is 0 Å². The summed E-state index contributed by atoms with van der Waals surface area (Å²) in [5, 5.41) is 10.3. The highest BCUT2D eigenvalue weighted by Crippen LogP contribution is 2.38. The van der Waals surface area contributed by atoms with Crippen molar-refractivity contribution in [2.75, 3.05) is 19.0 Å². The van der Waals surface area contributed by atoms with Crippen LogP contribution in [0.4, 0.5) is 5.69 Å². The van der Waals surface area contributed by atoms with Gasteiger partial charge in [-0.3, -0.25) is 9.97 Å². The van der Waals surface area contributed by atoms with Gasteiger partial charge in [0.05, 0.1) is 40.6 Å². The molecule has 42 heavy (non-hydrogen) atoms. The lowest BCUT2D eigenvalue weighted by Crippen LogP contribution is -2.19. The quantitative estimate of drug-likeness (QED) is 0.183. The minimum absolute atomic E-state index is 0.150. The van der Waals surface area contributed by atoms with Crippen LogP contribution in [0.5, 0.6) is 11.6 Å². The fourth-order valence-electron chi connectivity index (χ4n) is 5.17. The summed E-state index contributed by atoms with van der Waals surface area (Å²) in [6.07, 6.45) is 9.13. The first kappa shape index (κ1) is 28.2. The average molecular weight is 606 g/mol. The SMILES string of the molecule is COc1ncc(-c2nn(C3CCCCO3)c3ccc(O[C@H](C)c4c(Cl)cncc4Cl)cc23)cc1NCc1ccccn1. The van der Waals surface area contributed by atoms with Crippen LogP contribution in [0.3, 0.4) is 0 Å². The van der Waals surface area contributed by atoms with Crippen molar-refractivity contribution in [1.82, 2.24) is 24.7 Å². The van der Waals surface area contributed by atoms with E-state index in [0.717, 1.165) is 52.8 Å². The van der Waals surface area contributed by atoms with Gasteiger partial charge in [0.2, 0.25) is 5.88 Å². The zero-order chi connectivity index (χ0) is 29.1. The second-order valence-corrected chi connectivity index (χ2v) is 10.8. The number of aromatic nitrogens is 5. The van der Waals surface area contributed by atoms with Crippen molar-refractivity contribution in [2.45, 2.75) is 45.1 Å². The number of fused-ring (bicyclic) bond motifs is 1. The van der Waals surface area contributed by atoms with E-state index in [0.29, 0.717) is 40.4 Å². The summed E-state index contributed by atoms with van der Waals surface area (Å²) in [7, 11) is 1.60. The molecule has 0 radical (unpaired) electrons. The molecule has 9 nitrogen and oxygen atoms in total. The van der Waals surface area contributed by atoms with E-state index in [1.54, 1.807) is 31.9 Å². The molecule has 1 N–H and O–H groups in total. The average Bonchev–Trinajstić information content (AvgIpc) is 3.39. The Bertz CT molecular complexity index is 1670. The Morgan fingerprint density at radius 2 is 1.93 bits per heavy atom. The molecule has 1 aliphatic heterocycles. The topological polar surface area (TPSA) is 96.2 Å². The number of hydrogen-bond donors (Lipinski definition) is 1. The number of methoxy groups -OCH3 is 1. The molecule has 1 saturated heterocycles. The summed E-state index contributed by atoms with van der Waals surface area (Å²) in [5.41, 5.74) is 4.84. The molecular formula is C31H30Cl2N6O3. The van der Waals surface area contributed by atoms with Gasteiger partial charge in [-0.15, -0.1) is 0 Å². The van der Waals surface area contributed by atoms with Crippen LogP contribution in [-0.4, -0.2) is 38.4 Å². The Labute approximate surface area is 253 Å². The van der Waals surface area contributed by atoms with E-state index in [1.165, 1.54) is 0 Å². The van der Waals surface area contributed by atoms with Crippen molar-refractivity contribution in [3.63, 3.8) is 0 Å². The lowest BCUT2D eigenvalue weighted by atomic mass is 10.1. The molecular weight excluding hydrogens is 575 g/mol. The van der Waals surface area contributed by atoms with Crippen molar-refractivity contribution in [3.8, 4) is 22.9 Å². The van der Waals surface area contributed by atoms with E-state index in [2.05, 4.69) is 20.3 Å². The minimum Gasteiger partial charge on any atom is -0.486 e. The predicted octanol–water partition coefficient (Wildman–Crippen LogP) is 7.65. The third kappa shape index (κ3) is 5.86. The summed E-state index contributed by atoms with van der Waals surface area (Å²) in [5.74, 6) is 1.14. The van der Waals surface area contributed by atoms with Crippen molar-refractivity contribution < 1.29 is 14.2 Å². The van der Waals surface area contributed by atoms with Gasteiger partial charge in [0, 0.05) is 47.9 Å². The smallest absolute Gasteiger partial charge is 0.237 e. The first-order valence-corrected chi connectivity index (χ1v) is 14.5. The molecule has 2 atom stereocenters. The number of ether oxygens (including phenoxy) is 3. The standard InChI is InChI=1S/C31H30Cl2N6O3/c1-19(29-24(32)17-34-18-25(29)33)42-22-9-10-27-23(14-22)30(38-39(27)28-8-4-6-12-41-28)20-13-26(31(40-2)37-15-20)36-16-21-7-3-5-11-35-21/h3,5,7,9-11,13-15,17-19,28,36H,4,6,8,12,16H2,1-2H3/t19-,28?/m1/s1. The number of hydrogen-bond acceptors (Lipinski definition) is 8. The molecule has 1 fully saturated rings. The van der Waals surface area contributed by atoms with Gasteiger partial charge in [0.15, 0.2) is 6.23 Å². The summed E-state index contributed by atoms with van der Waals surface area (Å²) in [4.78, 5) is 13.0. The van der Waals surface area contributed by atoms with Gasteiger partial charge in [-0.2, -0.15) is 5.10 Å². The van der Waals surface area contributed by atoms with Crippen molar-refractivity contribution >= 4 is 39.8 Å². The van der Waals surface area contributed by atoms with Crippen LogP contribution in [0.25, 0.3) is 22.2 Å². The van der Waals surface area contributed by atoms with Crippen LogP contribution < -0.4 is 14.8 Å². The Morgan fingerprint density at radius 1 is 1.07 bits per heavy atom. The monoisotopic (exact) mass is 604 g/mol. The molecule has 1 unspecified atom stereocenters. The normalized spacial score (nSPS) is 15.9. The zero-order valence-electron chi connectivity index (χ0n) is 23.3. The molecule has 216 valence electrons. The van der Waals surface area contributed by atoms with Crippen LogP contribution in [0.2, 0.25) is 10.0 Å². The number of halogens is 2. The van der Waals surface area contributed by atoms with E-state index in [-0.39, 0.29) is 6.23 Å². The van der Waals surface area contributed by atoms with E-state index in [1.807, 2.05) is 54.1 Å². The van der Waals surface area contributed by atoms with Crippen molar-refractivity contribution in [1.29, 1.82) is 0 Å². The summed E-state index contributed by atoms with van der Waals surface area (Å²) in [6, 6.07) is 13.7. The number of benzene rings is 1. The molecule has 5 heterocycles. The van der Waals surface area contributed by atoms with Crippen molar-refractivity contribution in [2.24, 2.45) is 0 Å². The van der Waals surface area contributed by atoms with Crippen molar-refractivity contribution in [3.05, 3.63) is 88.6 Å². The molecule has 4 aromatic heterocycles. The zero-order valence-corrected chi connectivity index (χ0v) is 24.8. The number of nitrogens with one attached hydrogen (secondary N) is 1.